The van der Waals surface area contributed by atoms with Crippen molar-refractivity contribution in [3.05, 3.63) is 40.5 Å². The Labute approximate surface area is 129 Å². The highest BCUT2D eigenvalue weighted by Crippen LogP contribution is 2.28. The molecule has 20 heavy (non-hydrogen) atoms. The molecule has 104 valence electrons. The number of halogens is 1. The van der Waals surface area contributed by atoms with Crippen LogP contribution >= 0.6 is 15.9 Å². The first-order valence-electron chi connectivity index (χ1n) is 6.94. The summed E-state index contributed by atoms with van der Waals surface area (Å²) >= 11 is 3.66. The average Bonchev–Trinajstić information content (AvgIpc) is 2.46. The van der Waals surface area contributed by atoms with Crippen molar-refractivity contribution >= 4 is 26.8 Å². The minimum atomic E-state index is 0.236. The van der Waals surface area contributed by atoms with E-state index in [0.717, 1.165) is 40.5 Å². The SMILES string of the molecule is CC#CCCC(NCC)c1nc2ccccc2cc1Br. The van der Waals surface area contributed by atoms with E-state index in [0.29, 0.717) is 0 Å². The zero-order valence-corrected chi connectivity index (χ0v) is 13.5. The fraction of sp³-hybridized carbons (Fsp3) is 0.353. The number of para-hydroxylation sites is 1. The van der Waals surface area contributed by atoms with Crippen LogP contribution in [-0.4, -0.2) is 11.5 Å². The van der Waals surface area contributed by atoms with Gasteiger partial charge in [-0.15, -0.1) is 11.8 Å². The smallest absolute Gasteiger partial charge is 0.0722 e. The van der Waals surface area contributed by atoms with Crippen molar-refractivity contribution < 1.29 is 0 Å². The van der Waals surface area contributed by atoms with Gasteiger partial charge in [-0.2, -0.15) is 0 Å². The summed E-state index contributed by atoms with van der Waals surface area (Å²) < 4.78 is 1.06. The maximum atomic E-state index is 4.81. The molecule has 1 aromatic heterocycles. The fourth-order valence-corrected chi connectivity index (χ4v) is 2.88. The zero-order valence-electron chi connectivity index (χ0n) is 11.9. The molecule has 2 rings (SSSR count). The molecule has 0 fully saturated rings. The molecular weight excluding hydrogens is 312 g/mol. The molecule has 1 atom stereocenters. The number of fused-ring (bicyclic) bond motifs is 1. The molecule has 2 aromatic rings. The van der Waals surface area contributed by atoms with Crippen LogP contribution < -0.4 is 5.32 Å². The van der Waals surface area contributed by atoms with Gasteiger partial charge in [0.25, 0.3) is 0 Å². The van der Waals surface area contributed by atoms with Gasteiger partial charge in [0.1, 0.15) is 0 Å². The molecule has 1 aromatic carbocycles. The van der Waals surface area contributed by atoms with Crippen LogP contribution in [0.2, 0.25) is 0 Å². The van der Waals surface area contributed by atoms with E-state index in [1.165, 1.54) is 0 Å². The Bertz CT molecular complexity index is 640. The molecule has 2 nitrogen and oxygen atoms in total. The number of rotatable bonds is 5. The Balaban J connectivity index is 2.35. The van der Waals surface area contributed by atoms with Crippen molar-refractivity contribution in [3.63, 3.8) is 0 Å². The second kappa shape index (κ2) is 7.42. The van der Waals surface area contributed by atoms with E-state index in [1.54, 1.807) is 0 Å². The van der Waals surface area contributed by atoms with Gasteiger partial charge >= 0.3 is 0 Å². The summed E-state index contributed by atoms with van der Waals surface area (Å²) in [7, 11) is 0. The summed E-state index contributed by atoms with van der Waals surface area (Å²) in [6.07, 6.45) is 1.85. The third-order valence-corrected chi connectivity index (χ3v) is 3.86. The molecule has 1 heterocycles. The second-order valence-electron chi connectivity index (χ2n) is 4.62. The number of nitrogens with zero attached hydrogens (tertiary/aromatic N) is 1. The van der Waals surface area contributed by atoms with Crippen LogP contribution in [0.15, 0.2) is 34.8 Å². The third kappa shape index (κ3) is 3.59. The average molecular weight is 331 g/mol. The molecule has 0 amide bonds. The topological polar surface area (TPSA) is 24.9 Å². The van der Waals surface area contributed by atoms with Gasteiger partial charge in [-0.25, -0.2) is 4.98 Å². The minimum absolute atomic E-state index is 0.236. The van der Waals surface area contributed by atoms with Crippen molar-refractivity contribution in [3.8, 4) is 11.8 Å². The number of aromatic nitrogens is 1. The van der Waals surface area contributed by atoms with Gasteiger partial charge in [0, 0.05) is 16.3 Å². The molecule has 0 spiro atoms. The van der Waals surface area contributed by atoms with E-state index in [2.05, 4.69) is 58.2 Å². The van der Waals surface area contributed by atoms with E-state index in [1.807, 2.05) is 19.1 Å². The normalized spacial score (nSPS) is 11.9. The largest absolute Gasteiger partial charge is 0.309 e. The fourth-order valence-electron chi connectivity index (χ4n) is 2.27. The molecule has 0 aliphatic heterocycles. The van der Waals surface area contributed by atoms with Crippen molar-refractivity contribution in [2.45, 2.75) is 32.7 Å². The summed E-state index contributed by atoms with van der Waals surface area (Å²) in [4.78, 5) is 4.81. The molecule has 0 saturated heterocycles. The Kier molecular flexibility index (Phi) is 5.58. The number of benzene rings is 1. The summed E-state index contributed by atoms with van der Waals surface area (Å²) in [5, 5.41) is 4.66. The maximum Gasteiger partial charge on any atom is 0.0722 e. The number of nitrogens with one attached hydrogen (secondary N) is 1. The van der Waals surface area contributed by atoms with Crippen molar-refractivity contribution in [2.24, 2.45) is 0 Å². The summed E-state index contributed by atoms with van der Waals surface area (Å²) in [5.74, 6) is 6.08. The van der Waals surface area contributed by atoms with Crippen LogP contribution in [0.25, 0.3) is 10.9 Å². The Morgan fingerprint density at radius 1 is 1.35 bits per heavy atom. The lowest BCUT2D eigenvalue weighted by molar-refractivity contribution is 0.510. The zero-order chi connectivity index (χ0) is 14.4. The van der Waals surface area contributed by atoms with E-state index >= 15 is 0 Å². The predicted octanol–water partition coefficient (Wildman–Crippen LogP) is 4.45. The number of pyridine rings is 1. The van der Waals surface area contributed by atoms with Crippen LogP contribution in [0, 0.1) is 11.8 Å². The van der Waals surface area contributed by atoms with Gasteiger partial charge in [-0.05, 0) is 48.0 Å². The van der Waals surface area contributed by atoms with Gasteiger partial charge in [0.15, 0.2) is 0 Å². The van der Waals surface area contributed by atoms with Crippen LogP contribution in [0.3, 0.4) is 0 Å². The third-order valence-electron chi connectivity index (χ3n) is 3.22. The highest BCUT2D eigenvalue weighted by Gasteiger charge is 2.15. The minimum Gasteiger partial charge on any atom is -0.309 e. The molecule has 0 bridgehead atoms. The lowest BCUT2D eigenvalue weighted by Crippen LogP contribution is -2.22. The van der Waals surface area contributed by atoms with Crippen LogP contribution in [-0.2, 0) is 0 Å². The first-order chi connectivity index (χ1) is 9.76. The van der Waals surface area contributed by atoms with E-state index in [4.69, 9.17) is 4.98 Å². The Morgan fingerprint density at radius 2 is 2.15 bits per heavy atom. The Hall–Kier alpha value is -1.37. The second-order valence-corrected chi connectivity index (χ2v) is 5.48. The molecule has 0 radical (unpaired) electrons. The lowest BCUT2D eigenvalue weighted by Gasteiger charge is -2.18. The lowest BCUT2D eigenvalue weighted by atomic mass is 10.1. The van der Waals surface area contributed by atoms with Crippen LogP contribution in [0.1, 0.15) is 38.4 Å². The molecule has 0 aliphatic carbocycles. The summed E-state index contributed by atoms with van der Waals surface area (Å²) in [6.45, 7) is 4.92. The monoisotopic (exact) mass is 330 g/mol. The van der Waals surface area contributed by atoms with Gasteiger partial charge < -0.3 is 5.32 Å². The van der Waals surface area contributed by atoms with Crippen LogP contribution in [0.5, 0.6) is 0 Å². The van der Waals surface area contributed by atoms with Gasteiger partial charge in [0.2, 0.25) is 0 Å². The molecule has 0 saturated carbocycles. The van der Waals surface area contributed by atoms with Crippen LogP contribution in [0.4, 0.5) is 0 Å². The molecular formula is C17H19BrN2. The number of hydrogen-bond acceptors (Lipinski definition) is 2. The number of hydrogen-bond donors (Lipinski definition) is 1. The van der Waals surface area contributed by atoms with E-state index in [-0.39, 0.29) is 6.04 Å². The standard InChI is InChI=1S/C17H19BrN2/c1-3-5-6-11-16(19-4-2)17-14(18)12-13-9-7-8-10-15(13)20-17/h7-10,12,16,19H,4,6,11H2,1-2H3. The van der Waals surface area contributed by atoms with Crippen molar-refractivity contribution in [1.82, 2.24) is 10.3 Å². The van der Waals surface area contributed by atoms with Crippen molar-refractivity contribution in [1.29, 1.82) is 0 Å². The first kappa shape index (κ1) is 15.0. The Morgan fingerprint density at radius 3 is 2.90 bits per heavy atom. The predicted molar refractivity (Wildman–Crippen MR) is 88.5 cm³/mol. The van der Waals surface area contributed by atoms with E-state index < -0.39 is 0 Å². The maximum absolute atomic E-state index is 4.81. The molecule has 0 aliphatic rings. The van der Waals surface area contributed by atoms with Gasteiger partial charge in [-0.1, -0.05) is 25.1 Å². The van der Waals surface area contributed by atoms with E-state index in [9.17, 15) is 0 Å². The highest BCUT2D eigenvalue weighted by molar-refractivity contribution is 9.10. The summed E-state index contributed by atoms with van der Waals surface area (Å²) in [6, 6.07) is 10.6. The quantitative estimate of drug-likeness (QED) is 0.819. The highest BCUT2D eigenvalue weighted by atomic mass is 79.9. The molecule has 1 unspecified atom stereocenters. The van der Waals surface area contributed by atoms with Crippen molar-refractivity contribution in [2.75, 3.05) is 6.54 Å². The van der Waals surface area contributed by atoms with Gasteiger partial charge in [0.05, 0.1) is 17.3 Å². The molecule has 1 N–H and O–H groups in total. The summed E-state index contributed by atoms with van der Waals surface area (Å²) in [5.41, 5.74) is 2.11. The molecule has 3 heteroatoms. The van der Waals surface area contributed by atoms with Gasteiger partial charge in [-0.3, -0.25) is 0 Å². The first-order valence-corrected chi connectivity index (χ1v) is 7.73.